The Morgan fingerprint density at radius 1 is 1.10 bits per heavy atom. The van der Waals surface area contributed by atoms with Gasteiger partial charge in [0.2, 0.25) is 0 Å². The van der Waals surface area contributed by atoms with Crippen molar-refractivity contribution in [1.29, 1.82) is 0 Å². The highest BCUT2D eigenvalue weighted by Crippen LogP contribution is 2.37. The molecule has 2 atom stereocenters. The van der Waals surface area contributed by atoms with Crippen molar-refractivity contribution in [3.8, 4) is 0 Å². The van der Waals surface area contributed by atoms with Crippen LogP contribution in [0.4, 0.5) is 5.69 Å². The monoisotopic (exact) mass is 410 g/mol. The molecule has 2 aromatic carbocycles. The summed E-state index contributed by atoms with van der Waals surface area (Å²) in [5, 5.41) is 6.58. The van der Waals surface area contributed by atoms with Crippen LogP contribution in [-0.4, -0.2) is 37.0 Å². The molecule has 1 amide bonds. The lowest BCUT2D eigenvalue weighted by Crippen LogP contribution is -2.35. The molecule has 5 nitrogen and oxygen atoms in total. The van der Waals surface area contributed by atoms with Gasteiger partial charge < -0.3 is 21.3 Å². The molecule has 2 aromatic rings. The van der Waals surface area contributed by atoms with E-state index in [0.717, 1.165) is 37.3 Å². The maximum atomic E-state index is 12.5. The molecule has 0 aromatic heterocycles. The summed E-state index contributed by atoms with van der Waals surface area (Å²) < 4.78 is 0. The number of benzene rings is 2. The number of nitrogens with one attached hydrogen (secondary N) is 2. The van der Waals surface area contributed by atoms with Gasteiger partial charge in [-0.05, 0) is 48.8 Å². The van der Waals surface area contributed by atoms with Gasteiger partial charge in [-0.1, -0.05) is 64.4 Å². The first kappa shape index (κ1) is 23.9. The van der Waals surface area contributed by atoms with E-state index in [1.54, 1.807) is 0 Å². The van der Waals surface area contributed by atoms with E-state index in [4.69, 9.17) is 5.73 Å². The second kappa shape index (κ2) is 12.4. The smallest absolute Gasteiger partial charge is 0.251 e. The molecule has 0 radical (unpaired) electrons. The van der Waals surface area contributed by atoms with E-state index in [1.165, 1.54) is 12.0 Å². The molecule has 0 aliphatic carbocycles. The quantitative estimate of drug-likeness (QED) is 0.617. The number of hydrogen-bond acceptors (Lipinski definition) is 4. The van der Waals surface area contributed by atoms with Crippen LogP contribution in [0.25, 0.3) is 0 Å². The highest BCUT2D eigenvalue weighted by molar-refractivity contribution is 5.95. The van der Waals surface area contributed by atoms with Crippen LogP contribution in [0.1, 0.15) is 74.1 Å². The molecule has 1 aliphatic rings. The predicted molar refractivity (Wildman–Crippen MR) is 127 cm³/mol. The molecule has 1 aliphatic heterocycles. The van der Waals surface area contributed by atoms with Crippen LogP contribution >= 0.6 is 0 Å². The summed E-state index contributed by atoms with van der Waals surface area (Å²) in [6, 6.07) is 16.2. The van der Waals surface area contributed by atoms with Crippen LogP contribution in [0.3, 0.4) is 0 Å². The number of carbonyl (C=O) groups is 1. The third kappa shape index (κ3) is 6.57. The molecule has 0 spiro atoms. The maximum absolute atomic E-state index is 12.5. The van der Waals surface area contributed by atoms with Crippen LogP contribution in [-0.2, 0) is 0 Å². The summed E-state index contributed by atoms with van der Waals surface area (Å²) in [6.45, 7) is 12.0. The molecule has 164 valence electrons. The molecular formula is C25H38N4O. The lowest BCUT2D eigenvalue weighted by Gasteiger charge is -2.32. The SMILES string of the molecule is CCC.CCN(CC)CCNC(=O)c1ccc2c(c1)C(N)CC(c1ccccc1)N2. The number of likely N-dealkylation sites (N-methyl/N-ethyl adjacent to an activating group) is 1. The minimum Gasteiger partial charge on any atom is -0.378 e. The number of nitrogens with two attached hydrogens (primary N) is 1. The van der Waals surface area contributed by atoms with Crippen LogP contribution in [0.15, 0.2) is 48.5 Å². The Kier molecular flexibility index (Phi) is 9.84. The summed E-state index contributed by atoms with van der Waals surface area (Å²) in [6.07, 6.45) is 2.06. The molecular weight excluding hydrogens is 372 g/mol. The van der Waals surface area contributed by atoms with Crippen molar-refractivity contribution in [2.24, 2.45) is 5.73 Å². The van der Waals surface area contributed by atoms with E-state index >= 15 is 0 Å². The van der Waals surface area contributed by atoms with Gasteiger partial charge in [-0.15, -0.1) is 0 Å². The van der Waals surface area contributed by atoms with Crippen LogP contribution < -0.4 is 16.4 Å². The fraction of sp³-hybridized carbons (Fsp3) is 0.480. The average molecular weight is 411 g/mol. The summed E-state index contributed by atoms with van der Waals surface area (Å²) in [4.78, 5) is 14.8. The molecule has 3 rings (SSSR count). The standard InChI is InChI=1S/C22H30N4O.C3H8/c1-3-26(4-2)13-12-24-22(27)17-10-11-20-18(14-17)19(23)15-21(25-20)16-8-6-5-7-9-16;1-3-2/h5-11,14,19,21,25H,3-4,12-13,15,23H2,1-2H3,(H,24,27);3H2,1-2H3. The molecule has 4 N–H and O–H groups in total. The van der Waals surface area contributed by atoms with Gasteiger partial charge in [0.25, 0.3) is 5.91 Å². The van der Waals surface area contributed by atoms with Crippen LogP contribution in [0.2, 0.25) is 0 Å². The summed E-state index contributed by atoms with van der Waals surface area (Å²) in [5.41, 5.74) is 10.4. The van der Waals surface area contributed by atoms with Gasteiger partial charge in [-0.3, -0.25) is 4.79 Å². The molecule has 0 fully saturated rings. The third-order valence-corrected chi connectivity index (χ3v) is 5.34. The Labute approximate surface area is 182 Å². The van der Waals surface area contributed by atoms with E-state index in [9.17, 15) is 4.79 Å². The van der Waals surface area contributed by atoms with Gasteiger partial charge in [0, 0.05) is 30.4 Å². The van der Waals surface area contributed by atoms with Crippen molar-refractivity contribution in [2.45, 2.75) is 52.6 Å². The molecule has 0 bridgehead atoms. The highest BCUT2D eigenvalue weighted by atomic mass is 16.1. The Morgan fingerprint density at radius 3 is 2.40 bits per heavy atom. The Balaban J connectivity index is 0.00000101. The zero-order chi connectivity index (χ0) is 21.9. The number of amides is 1. The first-order chi connectivity index (χ1) is 14.5. The Morgan fingerprint density at radius 2 is 1.77 bits per heavy atom. The zero-order valence-corrected chi connectivity index (χ0v) is 18.9. The largest absolute Gasteiger partial charge is 0.378 e. The minimum absolute atomic E-state index is 0.0395. The van der Waals surface area contributed by atoms with Gasteiger partial charge in [-0.25, -0.2) is 0 Å². The normalized spacial score (nSPS) is 17.4. The summed E-state index contributed by atoms with van der Waals surface area (Å²) in [5.74, 6) is -0.0395. The van der Waals surface area contributed by atoms with Gasteiger partial charge in [0.05, 0.1) is 6.04 Å². The van der Waals surface area contributed by atoms with Gasteiger partial charge >= 0.3 is 0 Å². The van der Waals surface area contributed by atoms with Crippen molar-refractivity contribution < 1.29 is 4.79 Å². The second-order valence-electron chi connectivity index (χ2n) is 7.74. The van der Waals surface area contributed by atoms with Crippen LogP contribution in [0.5, 0.6) is 0 Å². The topological polar surface area (TPSA) is 70.4 Å². The molecule has 1 heterocycles. The van der Waals surface area contributed by atoms with Crippen molar-refractivity contribution in [1.82, 2.24) is 10.2 Å². The van der Waals surface area contributed by atoms with Crippen molar-refractivity contribution >= 4 is 11.6 Å². The van der Waals surface area contributed by atoms with Crippen LogP contribution in [0, 0.1) is 0 Å². The van der Waals surface area contributed by atoms with E-state index in [-0.39, 0.29) is 18.0 Å². The molecule has 2 unspecified atom stereocenters. The van der Waals surface area contributed by atoms with Crippen molar-refractivity contribution in [3.63, 3.8) is 0 Å². The van der Waals surface area contributed by atoms with Crippen molar-refractivity contribution in [2.75, 3.05) is 31.5 Å². The van der Waals surface area contributed by atoms with Crippen molar-refractivity contribution in [3.05, 3.63) is 65.2 Å². The third-order valence-electron chi connectivity index (χ3n) is 5.34. The lowest BCUT2D eigenvalue weighted by molar-refractivity contribution is 0.0949. The average Bonchev–Trinajstić information content (AvgIpc) is 2.77. The molecule has 5 heteroatoms. The minimum atomic E-state index is -0.0881. The number of anilines is 1. The van der Waals surface area contributed by atoms with E-state index in [0.29, 0.717) is 12.1 Å². The predicted octanol–water partition coefficient (Wildman–Crippen LogP) is 4.73. The molecule has 30 heavy (non-hydrogen) atoms. The van der Waals surface area contributed by atoms with E-state index in [2.05, 4.69) is 55.4 Å². The van der Waals surface area contributed by atoms with E-state index in [1.807, 2.05) is 36.4 Å². The van der Waals surface area contributed by atoms with Gasteiger partial charge in [0.1, 0.15) is 0 Å². The molecule has 0 saturated carbocycles. The first-order valence-corrected chi connectivity index (χ1v) is 11.2. The van der Waals surface area contributed by atoms with Gasteiger partial charge in [0.15, 0.2) is 0 Å². The van der Waals surface area contributed by atoms with Gasteiger partial charge in [-0.2, -0.15) is 0 Å². The maximum Gasteiger partial charge on any atom is 0.251 e. The Bertz CT molecular complexity index is 774. The second-order valence-corrected chi connectivity index (χ2v) is 7.74. The number of nitrogens with zero attached hydrogens (tertiary/aromatic N) is 1. The van der Waals surface area contributed by atoms with E-state index < -0.39 is 0 Å². The highest BCUT2D eigenvalue weighted by Gasteiger charge is 2.25. The first-order valence-electron chi connectivity index (χ1n) is 11.2. The number of rotatable bonds is 7. The fourth-order valence-corrected chi connectivity index (χ4v) is 3.64. The molecule has 0 saturated heterocycles. The summed E-state index contributed by atoms with van der Waals surface area (Å²) in [7, 11) is 0. The number of fused-ring (bicyclic) bond motifs is 1. The zero-order valence-electron chi connectivity index (χ0n) is 18.9. The Hall–Kier alpha value is -2.37. The fourth-order valence-electron chi connectivity index (χ4n) is 3.64. The lowest BCUT2D eigenvalue weighted by atomic mass is 9.89. The number of carbonyl (C=O) groups excluding carboxylic acids is 1. The number of hydrogen-bond donors (Lipinski definition) is 3. The summed E-state index contributed by atoms with van der Waals surface area (Å²) >= 11 is 0.